The third-order valence-corrected chi connectivity index (χ3v) is 5.91. The molecule has 1 unspecified atom stereocenters. The van der Waals surface area contributed by atoms with Gasteiger partial charge in [-0.2, -0.15) is 0 Å². The van der Waals surface area contributed by atoms with E-state index in [1.165, 1.54) is 0 Å². The standard InChI is InChI=1S/C28H33NO5/c1-3-34-28(32)20-33-18-7-6-17-29-24(14-16-27(29)31)13-15-26(30)23-11-8-10-22(19-23)25-12-5-4-9-21(25)2/h4-5,8-13,15,19,24H,3,6-7,14,16-18,20H2,1-2H3. The number of unbranched alkanes of at least 4 members (excludes halogenated alkanes) is 1. The van der Waals surface area contributed by atoms with Gasteiger partial charge in [0.05, 0.1) is 12.6 Å². The Morgan fingerprint density at radius 2 is 1.94 bits per heavy atom. The number of allylic oxidation sites excluding steroid dienone is 1. The molecule has 6 nitrogen and oxygen atoms in total. The molecule has 34 heavy (non-hydrogen) atoms. The number of nitrogens with zero attached hydrogens (tertiary/aromatic N) is 1. The van der Waals surface area contributed by atoms with Crippen molar-refractivity contribution in [3.05, 3.63) is 71.8 Å². The third kappa shape index (κ3) is 7.12. The van der Waals surface area contributed by atoms with Crippen molar-refractivity contribution in [2.45, 2.75) is 45.6 Å². The Labute approximate surface area is 201 Å². The van der Waals surface area contributed by atoms with Crippen molar-refractivity contribution < 1.29 is 23.9 Å². The minimum absolute atomic E-state index is 0.0466. The normalized spacial score (nSPS) is 15.8. The molecule has 1 saturated heterocycles. The van der Waals surface area contributed by atoms with E-state index >= 15 is 0 Å². The Balaban J connectivity index is 1.52. The fourth-order valence-corrected chi connectivity index (χ4v) is 4.12. The molecule has 0 N–H and O–H groups in total. The summed E-state index contributed by atoms with van der Waals surface area (Å²) in [6.45, 7) is 5.16. The number of hydrogen-bond acceptors (Lipinski definition) is 5. The van der Waals surface area contributed by atoms with E-state index in [0.29, 0.717) is 38.2 Å². The fourth-order valence-electron chi connectivity index (χ4n) is 4.12. The summed E-state index contributed by atoms with van der Waals surface area (Å²) in [5.41, 5.74) is 3.92. The van der Waals surface area contributed by atoms with Crippen molar-refractivity contribution >= 4 is 17.7 Å². The molecule has 1 aliphatic heterocycles. The maximum Gasteiger partial charge on any atom is 0.332 e. The number of carbonyl (C=O) groups is 3. The highest BCUT2D eigenvalue weighted by Crippen LogP contribution is 2.25. The van der Waals surface area contributed by atoms with Gasteiger partial charge in [-0.05, 0) is 61.9 Å². The van der Waals surface area contributed by atoms with Crippen molar-refractivity contribution in [2.75, 3.05) is 26.4 Å². The SMILES string of the molecule is CCOC(=O)COCCCCN1C(=O)CCC1C=CC(=O)c1cccc(-c2ccccc2C)c1. The van der Waals surface area contributed by atoms with Gasteiger partial charge < -0.3 is 14.4 Å². The molecule has 0 bridgehead atoms. The number of ketones is 1. The Morgan fingerprint density at radius 1 is 1.12 bits per heavy atom. The van der Waals surface area contributed by atoms with Crippen LogP contribution in [0.3, 0.4) is 0 Å². The van der Waals surface area contributed by atoms with Crippen LogP contribution in [0.4, 0.5) is 0 Å². The molecule has 0 aromatic heterocycles. The number of benzene rings is 2. The van der Waals surface area contributed by atoms with Gasteiger partial charge in [0.25, 0.3) is 0 Å². The molecule has 3 rings (SSSR count). The lowest BCUT2D eigenvalue weighted by Crippen LogP contribution is -2.32. The van der Waals surface area contributed by atoms with Gasteiger partial charge in [-0.15, -0.1) is 0 Å². The molecule has 1 amide bonds. The fraction of sp³-hybridized carbons (Fsp3) is 0.393. The number of carbonyl (C=O) groups excluding carboxylic acids is 3. The van der Waals surface area contributed by atoms with Crippen LogP contribution in [0.2, 0.25) is 0 Å². The molecule has 0 aliphatic carbocycles. The summed E-state index contributed by atoms with van der Waals surface area (Å²) in [4.78, 5) is 38.3. The Morgan fingerprint density at radius 3 is 2.74 bits per heavy atom. The van der Waals surface area contributed by atoms with Crippen LogP contribution >= 0.6 is 0 Å². The highest BCUT2D eigenvalue weighted by Gasteiger charge is 2.28. The summed E-state index contributed by atoms with van der Waals surface area (Å²) in [7, 11) is 0. The molecule has 1 heterocycles. The van der Waals surface area contributed by atoms with Crippen LogP contribution in [0.1, 0.15) is 48.5 Å². The number of amides is 1. The van der Waals surface area contributed by atoms with E-state index in [2.05, 4.69) is 19.1 Å². The summed E-state index contributed by atoms with van der Waals surface area (Å²) in [6.07, 6.45) is 6.16. The van der Waals surface area contributed by atoms with Crippen LogP contribution in [-0.4, -0.2) is 55.0 Å². The van der Waals surface area contributed by atoms with Crippen LogP contribution < -0.4 is 0 Å². The van der Waals surface area contributed by atoms with Crippen LogP contribution in [0.5, 0.6) is 0 Å². The highest BCUT2D eigenvalue weighted by molar-refractivity contribution is 6.05. The maximum atomic E-state index is 12.8. The van der Waals surface area contributed by atoms with Gasteiger partial charge in [0, 0.05) is 25.1 Å². The zero-order valence-corrected chi connectivity index (χ0v) is 20.0. The predicted octanol–water partition coefficient (Wildman–Crippen LogP) is 4.75. The quantitative estimate of drug-likeness (QED) is 0.197. The smallest absolute Gasteiger partial charge is 0.332 e. The first-order chi connectivity index (χ1) is 16.5. The number of esters is 1. The monoisotopic (exact) mass is 463 g/mol. The van der Waals surface area contributed by atoms with Gasteiger partial charge in [-0.1, -0.05) is 48.5 Å². The average Bonchev–Trinajstić information content (AvgIpc) is 3.19. The van der Waals surface area contributed by atoms with E-state index in [0.717, 1.165) is 29.5 Å². The average molecular weight is 464 g/mol. The molecule has 2 aromatic carbocycles. The molecule has 1 atom stereocenters. The van der Waals surface area contributed by atoms with E-state index in [1.54, 1.807) is 13.0 Å². The molecular weight excluding hydrogens is 430 g/mol. The molecule has 0 radical (unpaired) electrons. The molecular formula is C28H33NO5. The van der Waals surface area contributed by atoms with Gasteiger partial charge in [-0.25, -0.2) is 4.79 Å². The minimum Gasteiger partial charge on any atom is -0.464 e. The Hall–Kier alpha value is -3.25. The molecule has 1 fully saturated rings. The van der Waals surface area contributed by atoms with E-state index in [-0.39, 0.29) is 30.3 Å². The molecule has 0 spiro atoms. The van der Waals surface area contributed by atoms with Crippen LogP contribution in [0.15, 0.2) is 60.7 Å². The van der Waals surface area contributed by atoms with Crippen LogP contribution in [0.25, 0.3) is 11.1 Å². The number of likely N-dealkylation sites (tertiary alicyclic amines) is 1. The Kier molecular flexibility index (Phi) is 9.59. The van der Waals surface area contributed by atoms with Crippen molar-refractivity contribution in [2.24, 2.45) is 0 Å². The van der Waals surface area contributed by atoms with E-state index in [4.69, 9.17) is 9.47 Å². The Bertz CT molecular complexity index is 1030. The van der Waals surface area contributed by atoms with E-state index in [1.807, 2.05) is 47.4 Å². The number of ether oxygens (including phenoxy) is 2. The molecule has 180 valence electrons. The van der Waals surface area contributed by atoms with Crippen molar-refractivity contribution in [1.29, 1.82) is 0 Å². The van der Waals surface area contributed by atoms with E-state index in [9.17, 15) is 14.4 Å². The van der Waals surface area contributed by atoms with Gasteiger partial charge in [-0.3, -0.25) is 9.59 Å². The molecule has 2 aromatic rings. The maximum absolute atomic E-state index is 12.8. The van der Waals surface area contributed by atoms with Crippen molar-refractivity contribution in [3.63, 3.8) is 0 Å². The summed E-state index contributed by atoms with van der Waals surface area (Å²) in [5, 5.41) is 0. The second-order valence-corrected chi connectivity index (χ2v) is 8.38. The third-order valence-electron chi connectivity index (χ3n) is 5.91. The first kappa shape index (κ1) is 25.4. The van der Waals surface area contributed by atoms with Gasteiger partial charge in [0.2, 0.25) is 5.91 Å². The lowest BCUT2D eigenvalue weighted by molar-refractivity contribution is -0.148. The van der Waals surface area contributed by atoms with Gasteiger partial charge in [0.1, 0.15) is 6.61 Å². The number of rotatable bonds is 12. The summed E-state index contributed by atoms with van der Waals surface area (Å²) in [5.74, 6) is -0.324. The zero-order valence-electron chi connectivity index (χ0n) is 20.0. The number of aryl methyl sites for hydroxylation is 1. The van der Waals surface area contributed by atoms with Gasteiger partial charge >= 0.3 is 5.97 Å². The first-order valence-electron chi connectivity index (χ1n) is 11.9. The first-order valence-corrected chi connectivity index (χ1v) is 11.9. The summed E-state index contributed by atoms with van der Waals surface area (Å²) >= 11 is 0. The second kappa shape index (κ2) is 12.8. The van der Waals surface area contributed by atoms with Crippen molar-refractivity contribution in [1.82, 2.24) is 4.90 Å². The predicted molar refractivity (Wildman–Crippen MR) is 132 cm³/mol. The number of hydrogen-bond donors (Lipinski definition) is 0. The highest BCUT2D eigenvalue weighted by atomic mass is 16.6. The van der Waals surface area contributed by atoms with Crippen LogP contribution in [-0.2, 0) is 19.1 Å². The van der Waals surface area contributed by atoms with Crippen molar-refractivity contribution in [3.8, 4) is 11.1 Å². The molecule has 0 saturated carbocycles. The summed E-state index contributed by atoms with van der Waals surface area (Å²) < 4.78 is 10.1. The lowest BCUT2D eigenvalue weighted by atomic mass is 9.97. The lowest BCUT2D eigenvalue weighted by Gasteiger charge is -2.22. The molecule has 6 heteroatoms. The second-order valence-electron chi connectivity index (χ2n) is 8.38. The topological polar surface area (TPSA) is 72.9 Å². The van der Waals surface area contributed by atoms with Crippen LogP contribution in [0, 0.1) is 6.92 Å². The van der Waals surface area contributed by atoms with Gasteiger partial charge in [0.15, 0.2) is 5.78 Å². The molecule has 1 aliphatic rings. The largest absolute Gasteiger partial charge is 0.464 e. The van der Waals surface area contributed by atoms with E-state index < -0.39 is 0 Å². The minimum atomic E-state index is -0.364. The summed E-state index contributed by atoms with van der Waals surface area (Å²) in [6, 6.07) is 15.7. The zero-order chi connectivity index (χ0) is 24.3.